The van der Waals surface area contributed by atoms with E-state index in [1.54, 1.807) is 27.0 Å². The Hall–Kier alpha value is -2.64. The van der Waals surface area contributed by atoms with Crippen LogP contribution in [-0.2, 0) is 9.53 Å². The molecule has 0 saturated carbocycles. The molecule has 0 fully saturated rings. The van der Waals surface area contributed by atoms with Gasteiger partial charge in [0.25, 0.3) is 0 Å². The Kier molecular flexibility index (Phi) is 6.76. The van der Waals surface area contributed by atoms with Gasteiger partial charge in [-0.15, -0.1) is 0 Å². The highest BCUT2D eigenvalue weighted by molar-refractivity contribution is 5.97. The largest absolute Gasteiger partial charge is 0.507 e. The molecule has 1 aromatic rings. The minimum atomic E-state index is -1.55. The number of aliphatic hydroxyl groups is 2. The number of phenols is 1. The summed E-state index contributed by atoms with van der Waals surface area (Å²) in [5, 5.41) is 33.2. The van der Waals surface area contributed by atoms with E-state index in [0.29, 0.717) is 11.3 Å². The second-order valence-corrected chi connectivity index (χ2v) is 6.59. The number of aromatic hydroxyl groups is 1. The van der Waals surface area contributed by atoms with E-state index in [2.05, 4.69) is 5.32 Å². The van der Waals surface area contributed by atoms with Crippen LogP contribution in [0, 0.1) is 5.92 Å². The molecule has 1 unspecified atom stereocenters. The van der Waals surface area contributed by atoms with Gasteiger partial charge in [0.05, 0.1) is 6.10 Å². The van der Waals surface area contributed by atoms with Crippen molar-refractivity contribution in [2.24, 2.45) is 5.92 Å². The summed E-state index contributed by atoms with van der Waals surface area (Å²) in [7, 11) is 1.67. The van der Waals surface area contributed by atoms with Gasteiger partial charge in [-0.2, -0.15) is 0 Å². The van der Waals surface area contributed by atoms with Crippen molar-refractivity contribution in [2.45, 2.75) is 38.6 Å². The van der Waals surface area contributed by atoms with Gasteiger partial charge in [-0.1, -0.05) is 25.2 Å². The first kappa shape index (κ1) is 20.7. The quantitative estimate of drug-likeness (QED) is 0.554. The number of hydrogen-bond acceptors (Lipinski definition) is 7. The van der Waals surface area contributed by atoms with Crippen LogP contribution in [0.4, 0.5) is 5.69 Å². The molecule has 0 aliphatic carbocycles. The highest BCUT2D eigenvalue weighted by atomic mass is 16.5. The number of rotatable bonds is 1. The van der Waals surface area contributed by atoms with Crippen molar-refractivity contribution in [1.29, 1.82) is 0 Å². The van der Waals surface area contributed by atoms with Gasteiger partial charge in [0.15, 0.2) is 5.78 Å². The fourth-order valence-corrected chi connectivity index (χ4v) is 2.64. The Balaban J connectivity index is 2.50. The molecule has 0 saturated heterocycles. The smallest absolute Gasteiger partial charge is 0.342 e. The van der Waals surface area contributed by atoms with Crippen LogP contribution < -0.4 is 5.32 Å². The van der Waals surface area contributed by atoms with E-state index in [0.717, 1.165) is 0 Å². The maximum absolute atomic E-state index is 12.6. The SMILES string of the molecule is CNc1cc(O)c2c(c1)/C=C/C[C@H](O)[C@@H](O)C(=O)/C=C/[C@@H](C)C(C)OC2=O. The van der Waals surface area contributed by atoms with E-state index in [-0.39, 0.29) is 23.7 Å². The molecule has 27 heavy (non-hydrogen) atoms. The standard InChI is InChI=1S/C20H25NO6/c1-11-7-8-16(23)19(25)15(22)6-4-5-13-9-14(21-3)10-17(24)18(13)20(26)27-12(11)2/h4-5,7-12,15,19,21-22,24-25H,6H2,1-3H3/b5-4+,8-7+/t11-,12?,15+,19-/m1/s1. The molecule has 0 bridgehead atoms. The number of ether oxygens (including phenoxy) is 1. The second-order valence-electron chi connectivity index (χ2n) is 6.59. The Morgan fingerprint density at radius 2 is 1.85 bits per heavy atom. The lowest BCUT2D eigenvalue weighted by Gasteiger charge is -2.20. The summed E-state index contributed by atoms with van der Waals surface area (Å²) in [5.74, 6) is -1.85. The molecule has 1 aromatic carbocycles. The molecule has 4 N–H and O–H groups in total. The van der Waals surface area contributed by atoms with Crippen LogP contribution in [0.5, 0.6) is 5.75 Å². The topological polar surface area (TPSA) is 116 Å². The van der Waals surface area contributed by atoms with Crippen molar-refractivity contribution in [3.8, 4) is 5.75 Å². The monoisotopic (exact) mass is 375 g/mol. The molecule has 1 aliphatic heterocycles. The van der Waals surface area contributed by atoms with Crippen LogP contribution >= 0.6 is 0 Å². The second kappa shape index (κ2) is 8.83. The van der Waals surface area contributed by atoms with Gasteiger partial charge in [-0.25, -0.2) is 4.79 Å². The van der Waals surface area contributed by atoms with E-state index >= 15 is 0 Å². The third-order valence-corrected chi connectivity index (χ3v) is 4.57. The minimum absolute atomic E-state index is 0.00820. The number of ketones is 1. The van der Waals surface area contributed by atoms with Crippen LogP contribution in [0.1, 0.15) is 36.2 Å². The fraction of sp³-hybridized carbons (Fsp3) is 0.400. The molecular weight excluding hydrogens is 350 g/mol. The number of benzene rings is 1. The predicted octanol–water partition coefficient (Wildman–Crippen LogP) is 1.88. The molecule has 1 aliphatic rings. The first-order chi connectivity index (χ1) is 12.7. The summed E-state index contributed by atoms with van der Waals surface area (Å²) in [5.41, 5.74) is 0.992. The van der Waals surface area contributed by atoms with Gasteiger partial charge >= 0.3 is 5.97 Å². The van der Waals surface area contributed by atoms with Crippen molar-refractivity contribution in [3.63, 3.8) is 0 Å². The number of carbonyl (C=O) groups is 2. The van der Waals surface area contributed by atoms with Crippen LogP contribution in [0.3, 0.4) is 0 Å². The van der Waals surface area contributed by atoms with Crippen molar-refractivity contribution in [1.82, 2.24) is 0 Å². The lowest BCUT2D eigenvalue weighted by Crippen LogP contribution is -2.32. The zero-order chi connectivity index (χ0) is 20.1. The summed E-state index contributed by atoms with van der Waals surface area (Å²) in [4.78, 5) is 24.6. The van der Waals surface area contributed by atoms with E-state index in [1.165, 1.54) is 30.4 Å². The highest BCUT2D eigenvalue weighted by Gasteiger charge is 2.25. The predicted molar refractivity (Wildman–Crippen MR) is 102 cm³/mol. The molecule has 1 heterocycles. The van der Waals surface area contributed by atoms with E-state index in [1.807, 2.05) is 0 Å². The number of anilines is 1. The van der Waals surface area contributed by atoms with Crippen molar-refractivity contribution < 1.29 is 29.6 Å². The van der Waals surface area contributed by atoms with Gasteiger partial charge in [0.2, 0.25) is 0 Å². The van der Waals surface area contributed by atoms with Crippen LogP contribution in [0.2, 0.25) is 0 Å². The number of hydrogen-bond donors (Lipinski definition) is 4. The molecule has 7 heteroatoms. The number of cyclic esters (lactones) is 1. The third-order valence-electron chi connectivity index (χ3n) is 4.57. The maximum atomic E-state index is 12.6. The van der Waals surface area contributed by atoms with Gasteiger partial charge in [0.1, 0.15) is 23.5 Å². The molecular formula is C20H25NO6. The average molecular weight is 375 g/mol. The molecule has 0 amide bonds. The third kappa shape index (κ3) is 4.96. The first-order valence-corrected chi connectivity index (χ1v) is 8.75. The van der Waals surface area contributed by atoms with Gasteiger partial charge in [-0.3, -0.25) is 4.79 Å². The average Bonchev–Trinajstić information content (AvgIpc) is 2.63. The fourth-order valence-electron chi connectivity index (χ4n) is 2.64. The van der Waals surface area contributed by atoms with Crippen molar-refractivity contribution in [2.75, 3.05) is 12.4 Å². The molecule has 146 valence electrons. The van der Waals surface area contributed by atoms with Crippen LogP contribution in [0.15, 0.2) is 30.4 Å². The van der Waals surface area contributed by atoms with Crippen molar-refractivity contribution >= 4 is 23.5 Å². The Morgan fingerprint density at radius 3 is 2.52 bits per heavy atom. The van der Waals surface area contributed by atoms with Crippen molar-refractivity contribution in [3.05, 3.63) is 41.5 Å². The number of aliphatic hydroxyl groups excluding tert-OH is 2. The summed E-state index contributed by atoms with van der Waals surface area (Å²) in [6.07, 6.45) is 2.34. The number of fused-ring (bicyclic) bond motifs is 1. The maximum Gasteiger partial charge on any atom is 0.342 e. The first-order valence-electron chi connectivity index (χ1n) is 8.75. The lowest BCUT2D eigenvalue weighted by molar-refractivity contribution is -0.127. The molecule has 0 radical (unpaired) electrons. The zero-order valence-corrected chi connectivity index (χ0v) is 15.5. The highest BCUT2D eigenvalue weighted by Crippen LogP contribution is 2.29. The normalized spacial score (nSPS) is 29.2. The summed E-state index contributed by atoms with van der Waals surface area (Å²) in [6.45, 7) is 3.42. The van der Waals surface area contributed by atoms with Gasteiger partial charge < -0.3 is 25.4 Å². The molecule has 2 rings (SSSR count). The van der Waals surface area contributed by atoms with Gasteiger partial charge in [0, 0.05) is 24.7 Å². The number of phenolic OH excluding ortho intramolecular Hbond substituents is 1. The van der Waals surface area contributed by atoms with E-state index in [4.69, 9.17) is 4.74 Å². The van der Waals surface area contributed by atoms with E-state index in [9.17, 15) is 24.9 Å². The molecule has 4 atom stereocenters. The number of esters is 1. The van der Waals surface area contributed by atoms with Crippen LogP contribution in [-0.4, -0.2) is 52.4 Å². The zero-order valence-electron chi connectivity index (χ0n) is 15.5. The summed E-state index contributed by atoms with van der Waals surface area (Å²) < 4.78 is 5.44. The lowest BCUT2D eigenvalue weighted by atomic mass is 9.99. The molecule has 0 spiro atoms. The molecule has 0 aromatic heterocycles. The summed E-state index contributed by atoms with van der Waals surface area (Å²) in [6, 6.07) is 3.07. The number of nitrogens with one attached hydrogen (secondary N) is 1. The van der Waals surface area contributed by atoms with Gasteiger partial charge in [-0.05, 0) is 31.1 Å². The molecule has 7 nitrogen and oxygen atoms in total. The number of carbonyl (C=O) groups excluding carboxylic acids is 2. The summed E-state index contributed by atoms with van der Waals surface area (Å²) >= 11 is 0. The van der Waals surface area contributed by atoms with E-state index < -0.39 is 30.1 Å². The Morgan fingerprint density at radius 1 is 1.15 bits per heavy atom. The minimum Gasteiger partial charge on any atom is -0.507 e. The Labute approximate surface area is 158 Å². The van der Waals surface area contributed by atoms with Crippen LogP contribution in [0.25, 0.3) is 6.08 Å². The Bertz CT molecular complexity index is 770.